The molecule has 1 unspecified atom stereocenters. The maximum atomic E-state index is 12.7. The van der Waals surface area contributed by atoms with Crippen molar-refractivity contribution in [1.82, 2.24) is 10.6 Å². The first-order chi connectivity index (χ1) is 12.5. The predicted molar refractivity (Wildman–Crippen MR) is 100 cm³/mol. The Kier molecular flexibility index (Phi) is 5.27. The Balaban J connectivity index is 2.22. The summed E-state index contributed by atoms with van der Waals surface area (Å²) in [6, 6.07) is 12.6. The summed E-state index contributed by atoms with van der Waals surface area (Å²) in [4.78, 5) is 25.0. The number of phenols is 1. The Morgan fingerprint density at radius 3 is 2.65 bits per heavy atom. The molecule has 3 rings (SSSR count). The lowest BCUT2D eigenvalue weighted by molar-refractivity contribution is -0.138. The van der Waals surface area contributed by atoms with Crippen LogP contribution >= 0.6 is 15.9 Å². The Hall–Kier alpha value is -2.80. The van der Waals surface area contributed by atoms with Crippen molar-refractivity contribution in [2.45, 2.75) is 13.0 Å². The van der Waals surface area contributed by atoms with E-state index in [1.807, 2.05) is 18.2 Å². The van der Waals surface area contributed by atoms with Crippen LogP contribution in [0.2, 0.25) is 0 Å². The lowest BCUT2D eigenvalue weighted by Crippen LogP contribution is -2.45. The van der Waals surface area contributed by atoms with E-state index in [4.69, 9.17) is 4.74 Å². The largest absolute Gasteiger partial charge is 0.508 e. The molecule has 3 N–H and O–H groups in total. The first-order valence-electron chi connectivity index (χ1n) is 8.04. The highest BCUT2D eigenvalue weighted by Crippen LogP contribution is 2.37. The fourth-order valence-corrected chi connectivity index (χ4v) is 3.19. The van der Waals surface area contributed by atoms with Crippen molar-refractivity contribution in [3.63, 3.8) is 0 Å². The number of benzene rings is 2. The first-order valence-corrected chi connectivity index (χ1v) is 8.83. The average molecular weight is 417 g/mol. The summed E-state index contributed by atoms with van der Waals surface area (Å²) < 4.78 is 5.92. The van der Waals surface area contributed by atoms with Crippen LogP contribution in [0.1, 0.15) is 24.1 Å². The van der Waals surface area contributed by atoms with Crippen molar-refractivity contribution in [3.05, 3.63) is 69.7 Å². The van der Waals surface area contributed by atoms with E-state index in [-0.39, 0.29) is 17.9 Å². The highest BCUT2D eigenvalue weighted by Gasteiger charge is 2.35. The summed E-state index contributed by atoms with van der Waals surface area (Å²) >= 11 is 3.35. The van der Waals surface area contributed by atoms with Gasteiger partial charge in [0.25, 0.3) is 0 Å². The van der Waals surface area contributed by atoms with Crippen LogP contribution in [0.25, 0.3) is 5.70 Å². The Labute approximate surface area is 159 Å². The summed E-state index contributed by atoms with van der Waals surface area (Å²) in [5.41, 5.74) is 1.65. The van der Waals surface area contributed by atoms with E-state index < -0.39 is 18.0 Å². The number of carbonyl (C=O) groups is 2. The molecule has 0 radical (unpaired) electrons. The highest BCUT2D eigenvalue weighted by atomic mass is 79.9. The van der Waals surface area contributed by atoms with Gasteiger partial charge in [-0.25, -0.2) is 9.59 Å². The van der Waals surface area contributed by atoms with Gasteiger partial charge in [-0.15, -0.1) is 0 Å². The van der Waals surface area contributed by atoms with E-state index in [9.17, 15) is 14.7 Å². The van der Waals surface area contributed by atoms with Crippen LogP contribution in [-0.2, 0) is 9.53 Å². The van der Waals surface area contributed by atoms with Crippen LogP contribution in [0.5, 0.6) is 5.75 Å². The lowest BCUT2D eigenvalue weighted by atomic mass is 9.92. The smallest absolute Gasteiger partial charge is 0.338 e. The zero-order valence-corrected chi connectivity index (χ0v) is 15.5. The van der Waals surface area contributed by atoms with Crippen molar-refractivity contribution in [2.75, 3.05) is 6.61 Å². The molecular formula is C19H17BrN2O4. The molecule has 134 valence electrons. The molecule has 2 aromatic rings. The number of phenolic OH excluding ortho intramolecular Hbond substituents is 1. The van der Waals surface area contributed by atoms with E-state index in [1.54, 1.807) is 31.2 Å². The number of halogens is 1. The molecule has 1 aliphatic heterocycles. The first kappa shape index (κ1) is 18.0. The molecule has 2 amide bonds. The van der Waals surface area contributed by atoms with Gasteiger partial charge in [0.1, 0.15) is 5.75 Å². The van der Waals surface area contributed by atoms with Gasteiger partial charge in [0.2, 0.25) is 0 Å². The van der Waals surface area contributed by atoms with Gasteiger partial charge < -0.3 is 20.5 Å². The van der Waals surface area contributed by atoms with E-state index in [2.05, 4.69) is 26.6 Å². The third kappa shape index (κ3) is 3.57. The van der Waals surface area contributed by atoms with Gasteiger partial charge in [-0.3, -0.25) is 0 Å². The standard InChI is InChI=1S/C19H17BrN2O4/c1-2-26-18(24)15-16(11-6-4-3-5-7-11)21-19(25)22-17(15)13-10-12(20)8-9-14(13)23/h3-10,17,23H,2H2,1H3,(H2,21,22,25). The summed E-state index contributed by atoms with van der Waals surface area (Å²) in [6.45, 7) is 1.90. The minimum absolute atomic E-state index is 0.0328. The van der Waals surface area contributed by atoms with Crippen molar-refractivity contribution in [1.29, 1.82) is 0 Å². The number of aromatic hydroxyl groups is 1. The summed E-state index contributed by atoms with van der Waals surface area (Å²) in [7, 11) is 0. The molecule has 1 atom stereocenters. The quantitative estimate of drug-likeness (QED) is 0.665. The normalized spacial score (nSPS) is 16.7. The van der Waals surface area contributed by atoms with E-state index in [1.165, 1.54) is 6.07 Å². The molecule has 0 saturated heterocycles. The fraction of sp³-hybridized carbons (Fsp3) is 0.158. The third-order valence-corrected chi connectivity index (χ3v) is 4.42. The van der Waals surface area contributed by atoms with Gasteiger partial charge in [-0.1, -0.05) is 46.3 Å². The molecule has 6 nitrogen and oxygen atoms in total. The van der Waals surface area contributed by atoms with Crippen molar-refractivity contribution in [2.24, 2.45) is 0 Å². The highest BCUT2D eigenvalue weighted by molar-refractivity contribution is 9.10. The molecule has 1 aliphatic rings. The number of hydrogen-bond acceptors (Lipinski definition) is 4. The molecule has 0 spiro atoms. The number of amides is 2. The van der Waals surface area contributed by atoms with Crippen molar-refractivity contribution >= 4 is 33.6 Å². The molecule has 0 aromatic heterocycles. The molecule has 0 bridgehead atoms. The van der Waals surface area contributed by atoms with Gasteiger partial charge in [0, 0.05) is 10.0 Å². The average Bonchev–Trinajstić information content (AvgIpc) is 2.64. The lowest BCUT2D eigenvalue weighted by Gasteiger charge is -2.30. The van der Waals surface area contributed by atoms with Crippen LogP contribution in [-0.4, -0.2) is 23.7 Å². The zero-order chi connectivity index (χ0) is 18.7. The van der Waals surface area contributed by atoms with Gasteiger partial charge in [-0.05, 0) is 30.7 Å². The van der Waals surface area contributed by atoms with Crippen LogP contribution in [0.3, 0.4) is 0 Å². The van der Waals surface area contributed by atoms with Crippen LogP contribution in [0.4, 0.5) is 4.79 Å². The van der Waals surface area contributed by atoms with Crippen LogP contribution in [0.15, 0.2) is 58.6 Å². The molecule has 7 heteroatoms. The minimum atomic E-state index is -0.851. The van der Waals surface area contributed by atoms with Crippen molar-refractivity contribution in [3.8, 4) is 5.75 Å². The Morgan fingerprint density at radius 1 is 1.23 bits per heavy atom. The van der Waals surface area contributed by atoms with Gasteiger partial charge in [-0.2, -0.15) is 0 Å². The number of esters is 1. The van der Waals surface area contributed by atoms with E-state index in [0.29, 0.717) is 21.3 Å². The molecule has 26 heavy (non-hydrogen) atoms. The second-order valence-corrected chi connectivity index (χ2v) is 6.53. The fourth-order valence-electron chi connectivity index (χ4n) is 2.82. The molecule has 0 fully saturated rings. The monoisotopic (exact) mass is 416 g/mol. The maximum Gasteiger partial charge on any atom is 0.338 e. The van der Waals surface area contributed by atoms with E-state index in [0.717, 1.165) is 0 Å². The molecule has 2 aromatic carbocycles. The van der Waals surface area contributed by atoms with Crippen LogP contribution in [0, 0.1) is 0 Å². The molecular weight excluding hydrogens is 400 g/mol. The molecule has 0 aliphatic carbocycles. The summed E-state index contributed by atoms with van der Waals surface area (Å²) in [6.07, 6.45) is 0. The second kappa shape index (κ2) is 7.61. The topological polar surface area (TPSA) is 87.7 Å². The number of carbonyl (C=O) groups excluding carboxylic acids is 2. The second-order valence-electron chi connectivity index (χ2n) is 5.61. The summed E-state index contributed by atoms with van der Waals surface area (Å²) in [5.74, 6) is -0.599. The molecule has 0 saturated carbocycles. The van der Waals surface area contributed by atoms with Gasteiger partial charge in [0.05, 0.1) is 23.9 Å². The van der Waals surface area contributed by atoms with E-state index >= 15 is 0 Å². The number of urea groups is 1. The van der Waals surface area contributed by atoms with Crippen LogP contribution < -0.4 is 10.6 Å². The van der Waals surface area contributed by atoms with Gasteiger partial charge in [0.15, 0.2) is 0 Å². The zero-order valence-electron chi connectivity index (χ0n) is 14.0. The number of nitrogens with one attached hydrogen (secondary N) is 2. The Bertz CT molecular complexity index is 880. The summed E-state index contributed by atoms with van der Waals surface area (Å²) in [5, 5.41) is 15.7. The third-order valence-electron chi connectivity index (χ3n) is 3.93. The molecule has 1 heterocycles. The SMILES string of the molecule is CCOC(=O)C1=C(c2ccccc2)NC(=O)NC1c1cc(Br)ccc1O. The number of hydrogen-bond donors (Lipinski definition) is 3. The Morgan fingerprint density at radius 2 is 1.96 bits per heavy atom. The maximum absolute atomic E-state index is 12.7. The number of ether oxygens (including phenoxy) is 1. The minimum Gasteiger partial charge on any atom is -0.508 e. The number of rotatable bonds is 4. The predicted octanol–water partition coefficient (Wildman–Crippen LogP) is 3.48. The van der Waals surface area contributed by atoms with Crippen molar-refractivity contribution < 1.29 is 19.4 Å². The van der Waals surface area contributed by atoms with Gasteiger partial charge >= 0.3 is 12.0 Å².